The highest BCUT2D eigenvalue weighted by molar-refractivity contribution is 7.90. The number of hydrogen-bond acceptors (Lipinski definition) is 5. The first kappa shape index (κ1) is 28.7. The van der Waals surface area contributed by atoms with Gasteiger partial charge in [-0.3, -0.25) is 9.79 Å². The van der Waals surface area contributed by atoms with Gasteiger partial charge in [0.1, 0.15) is 15.7 Å². The summed E-state index contributed by atoms with van der Waals surface area (Å²) in [5, 5.41) is 3.84. The van der Waals surface area contributed by atoms with Gasteiger partial charge in [0.05, 0.1) is 24.4 Å². The summed E-state index contributed by atoms with van der Waals surface area (Å²) < 4.78 is 44.6. The number of aromatic nitrogens is 1. The number of sulfone groups is 1. The van der Waals surface area contributed by atoms with Crippen molar-refractivity contribution >= 4 is 32.9 Å². The van der Waals surface area contributed by atoms with E-state index in [2.05, 4.69) is 40.9 Å². The Morgan fingerprint density at radius 3 is 2.46 bits per heavy atom. The van der Waals surface area contributed by atoms with Crippen molar-refractivity contribution in [2.24, 2.45) is 4.99 Å². The average Bonchev–Trinajstić information content (AvgIpc) is 3.52. The van der Waals surface area contributed by atoms with E-state index in [9.17, 15) is 17.6 Å². The van der Waals surface area contributed by atoms with Crippen LogP contribution < -0.4 is 5.32 Å². The second-order valence-corrected chi connectivity index (χ2v) is 13.5. The number of ether oxygens (including phenoxy) is 1. The van der Waals surface area contributed by atoms with Gasteiger partial charge in [0.15, 0.2) is 0 Å². The van der Waals surface area contributed by atoms with Crippen LogP contribution in [0, 0.1) is 5.82 Å². The number of hydrogen-bond donors (Lipinski definition) is 1. The van der Waals surface area contributed by atoms with Gasteiger partial charge in [0.2, 0.25) is 0 Å². The van der Waals surface area contributed by atoms with E-state index in [-0.39, 0.29) is 24.0 Å². The van der Waals surface area contributed by atoms with E-state index < -0.39 is 15.3 Å². The maximum atomic E-state index is 14.0. The molecule has 0 fully saturated rings. The van der Waals surface area contributed by atoms with E-state index in [4.69, 9.17) is 4.74 Å². The lowest BCUT2D eigenvalue weighted by atomic mass is 9.84. The molecule has 7 nitrogen and oxygen atoms in total. The molecule has 0 bridgehead atoms. The number of amides is 1. The van der Waals surface area contributed by atoms with Crippen molar-refractivity contribution in [2.75, 3.05) is 32.3 Å². The standard InChI is InChI=1S/C32H34FN3O4S/c1-32(2,20-40-3)30-29(21-6-8-22(9-7-21)31(37)35-14-5-15-41(4,38)39)27-16-23-18-34-19-24(23)17-28(27)36(30)26-12-10-25(33)11-13-26/h6-13,16-17,19H,5,14-15,18,20H2,1-4H3,(H,35,37). The zero-order valence-corrected chi connectivity index (χ0v) is 24.5. The summed E-state index contributed by atoms with van der Waals surface area (Å²) in [5.41, 5.74) is 7.02. The van der Waals surface area contributed by atoms with E-state index in [1.54, 1.807) is 31.4 Å². The SMILES string of the molecule is COCC(C)(C)c1c(-c2ccc(C(=O)NCCCS(C)(=O)=O)cc2)c2cc3c(cc2n1-c1ccc(F)cc1)C=NC3. The molecule has 5 rings (SSSR count). The minimum atomic E-state index is -3.07. The van der Waals surface area contributed by atoms with Gasteiger partial charge < -0.3 is 14.6 Å². The van der Waals surface area contributed by atoms with E-state index in [0.717, 1.165) is 44.5 Å². The van der Waals surface area contributed by atoms with E-state index >= 15 is 0 Å². The molecular weight excluding hydrogens is 541 g/mol. The maximum Gasteiger partial charge on any atom is 0.251 e. The minimum absolute atomic E-state index is 0.0269. The predicted octanol–water partition coefficient (Wildman–Crippen LogP) is 5.46. The van der Waals surface area contributed by atoms with Crippen molar-refractivity contribution in [1.29, 1.82) is 0 Å². The maximum absolute atomic E-state index is 14.0. The lowest BCUT2D eigenvalue weighted by molar-refractivity contribution is 0.0953. The minimum Gasteiger partial charge on any atom is -0.384 e. The number of halogens is 1. The van der Waals surface area contributed by atoms with Crippen LogP contribution >= 0.6 is 0 Å². The molecule has 9 heteroatoms. The number of nitrogens with one attached hydrogen (secondary N) is 1. The van der Waals surface area contributed by atoms with Crippen molar-refractivity contribution in [3.8, 4) is 16.8 Å². The Hall–Kier alpha value is -3.82. The van der Waals surface area contributed by atoms with Crippen molar-refractivity contribution in [3.63, 3.8) is 0 Å². The number of fused-ring (bicyclic) bond motifs is 2. The van der Waals surface area contributed by atoms with Gasteiger partial charge in [-0.2, -0.15) is 0 Å². The van der Waals surface area contributed by atoms with Crippen molar-refractivity contribution in [2.45, 2.75) is 32.2 Å². The summed E-state index contributed by atoms with van der Waals surface area (Å²) in [7, 11) is -1.39. The van der Waals surface area contributed by atoms with Gasteiger partial charge in [0, 0.05) is 59.4 Å². The van der Waals surface area contributed by atoms with Crippen LogP contribution in [0.1, 0.15) is 47.4 Å². The van der Waals surface area contributed by atoms with Gasteiger partial charge in [-0.15, -0.1) is 0 Å². The quantitative estimate of drug-likeness (QED) is 0.255. The van der Waals surface area contributed by atoms with Crippen LogP contribution in [0.4, 0.5) is 4.39 Å². The molecule has 0 aliphatic carbocycles. The summed E-state index contributed by atoms with van der Waals surface area (Å²) in [5.74, 6) is -0.533. The number of nitrogens with zero attached hydrogens (tertiary/aromatic N) is 2. The number of carbonyl (C=O) groups is 1. The van der Waals surface area contributed by atoms with E-state index in [1.165, 1.54) is 18.4 Å². The third-order valence-corrected chi connectivity index (χ3v) is 8.39. The molecule has 0 spiro atoms. The molecule has 1 amide bonds. The monoisotopic (exact) mass is 575 g/mol. The molecule has 0 radical (unpaired) electrons. The number of carbonyl (C=O) groups excluding carboxylic acids is 1. The molecule has 1 aliphatic rings. The summed E-state index contributed by atoms with van der Waals surface area (Å²) >= 11 is 0. The highest BCUT2D eigenvalue weighted by atomic mass is 32.2. The lowest BCUT2D eigenvalue weighted by Gasteiger charge is -2.28. The Bertz CT molecular complexity index is 1740. The first-order valence-corrected chi connectivity index (χ1v) is 15.6. The topological polar surface area (TPSA) is 89.8 Å². The molecule has 3 aromatic carbocycles. The van der Waals surface area contributed by atoms with Crippen molar-refractivity contribution < 1.29 is 22.3 Å². The van der Waals surface area contributed by atoms with Crippen LogP contribution in [0.3, 0.4) is 0 Å². The molecule has 0 atom stereocenters. The zero-order valence-electron chi connectivity index (χ0n) is 23.7. The number of methoxy groups -OCH3 is 1. The number of rotatable bonds is 10. The van der Waals surface area contributed by atoms with Crippen LogP contribution in [0.2, 0.25) is 0 Å². The van der Waals surface area contributed by atoms with Gasteiger partial charge in [0.25, 0.3) is 5.91 Å². The largest absolute Gasteiger partial charge is 0.384 e. The Labute approximate surface area is 240 Å². The van der Waals surface area contributed by atoms with Crippen LogP contribution in [0.25, 0.3) is 27.7 Å². The first-order chi connectivity index (χ1) is 19.5. The third kappa shape index (κ3) is 5.96. The summed E-state index contributed by atoms with van der Waals surface area (Å²) in [4.78, 5) is 17.2. The molecular formula is C32H34FN3O4S. The van der Waals surface area contributed by atoms with Crippen LogP contribution in [0.15, 0.2) is 65.7 Å². The Morgan fingerprint density at radius 1 is 1.10 bits per heavy atom. The Kier molecular flexibility index (Phi) is 7.85. The first-order valence-electron chi connectivity index (χ1n) is 13.5. The fourth-order valence-corrected chi connectivity index (χ4v) is 6.21. The fraction of sp³-hybridized carbons (Fsp3) is 0.312. The van der Waals surface area contributed by atoms with Crippen molar-refractivity contribution in [3.05, 3.63) is 88.9 Å². The summed E-state index contributed by atoms with van der Waals surface area (Å²) in [6.45, 7) is 5.60. The molecule has 0 saturated heterocycles. The second-order valence-electron chi connectivity index (χ2n) is 11.2. The Balaban J connectivity index is 1.63. The lowest BCUT2D eigenvalue weighted by Crippen LogP contribution is -2.27. The highest BCUT2D eigenvalue weighted by Gasteiger charge is 2.32. The molecule has 0 saturated carbocycles. The van der Waals surface area contributed by atoms with Crippen LogP contribution in [-0.2, 0) is 26.5 Å². The molecule has 214 valence electrons. The zero-order chi connectivity index (χ0) is 29.4. The summed E-state index contributed by atoms with van der Waals surface area (Å²) in [6, 6.07) is 18.3. The molecule has 2 heterocycles. The Morgan fingerprint density at radius 2 is 1.80 bits per heavy atom. The number of aliphatic imine (C=N–C) groups is 1. The van der Waals surface area contributed by atoms with E-state index in [1.807, 2.05) is 18.3 Å². The molecule has 1 aliphatic heterocycles. The molecule has 0 unspecified atom stereocenters. The smallest absolute Gasteiger partial charge is 0.251 e. The van der Waals surface area contributed by atoms with E-state index in [0.29, 0.717) is 25.1 Å². The highest BCUT2D eigenvalue weighted by Crippen LogP contribution is 2.44. The second kappa shape index (κ2) is 11.2. The van der Waals surface area contributed by atoms with Crippen molar-refractivity contribution in [1.82, 2.24) is 9.88 Å². The summed E-state index contributed by atoms with van der Waals surface area (Å²) in [6.07, 6.45) is 3.43. The van der Waals surface area contributed by atoms with Gasteiger partial charge in [-0.25, -0.2) is 12.8 Å². The van der Waals surface area contributed by atoms with Crippen LogP contribution in [0.5, 0.6) is 0 Å². The van der Waals surface area contributed by atoms with Gasteiger partial charge >= 0.3 is 0 Å². The predicted molar refractivity (Wildman–Crippen MR) is 162 cm³/mol. The third-order valence-electron chi connectivity index (χ3n) is 7.36. The number of benzene rings is 3. The molecule has 41 heavy (non-hydrogen) atoms. The van der Waals surface area contributed by atoms with Gasteiger partial charge in [-0.1, -0.05) is 26.0 Å². The fourth-order valence-electron chi connectivity index (χ4n) is 5.54. The molecule has 1 N–H and O–H groups in total. The van der Waals surface area contributed by atoms with Crippen LogP contribution in [-0.4, -0.2) is 57.4 Å². The normalized spacial score (nSPS) is 13.1. The average molecular weight is 576 g/mol. The molecule has 4 aromatic rings. The molecule has 1 aromatic heterocycles. The van der Waals surface area contributed by atoms with Gasteiger partial charge in [-0.05, 0) is 71.6 Å².